The highest BCUT2D eigenvalue weighted by Crippen LogP contribution is 2.31. The maximum atomic E-state index is 13.1. The van der Waals surface area contributed by atoms with Crippen molar-refractivity contribution in [2.45, 2.75) is 32.7 Å². The highest BCUT2D eigenvalue weighted by molar-refractivity contribution is 6.43. The molecule has 2 aromatic carbocycles. The first-order valence-corrected chi connectivity index (χ1v) is 11.3. The molecule has 1 aromatic heterocycles. The SMILES string of the molecule is COc1ccccc1C(CNC(=O)C(=O)c1c(C)nn(-c2ccccc2)c1C)N1CCCC1. The number of aryl methyl sites for hydroxylation is 1. The van der Waals surface area contributed by atoms with Crippen molar-refractivity contribution < 1.29 is 14.3 Å². The summed E-state index contributed by atoms with van der Waals surface area (Å²) in [6.07, 6.45) is 2.24. The molecule has 1 aliphatic rings. The van der Waals surface area contributed by atoms with Crippen LogP contribution >= 0.6 is 0 Å². The summed E-state index contributed by atoms with van der Waals surface area (Å²) in [5, 5.41) is 7.39. The van der Waals surface area contributed by atoms with E-state index in [1.165, 1.54) is 0 Å². The second-order valence-corrected chi connectivity index (χ2v) is 8.33. The second-order valence-electron chi connectivity index (χ2n) is 8.33. The summed E-state index contributed by atoms with van der Waals surface area (Å²) in [4.78, 5) is 28.4. The second kappa shape index (κ2) is 10.0. The number of benzene rings is 2. The van der Waals surface area contributed by atoms with E-state index in [0.717, 1.165) is 42.9 Å². The number of nitrogens with one attached hydrogen (secondary N) is 1. The van der Waals surface area contributed by atoms with Gasteiger partial charge in [0.05, 0.1) is 35.8 Å². The van der Waals surface area contributed by atoms with E-state index in [1.807, 2.05) is 61.5 Å². The summed E-state index contributed by atoms with van der Waals surface area (Å²) in [6, 6.07) is 17.4. The van der Waals surface area contributed by atoms with Crippen molar-refractivity contribution in [3.63, 3.8) is 0 Å². The minimum absolute atomic E-state index is 0.0605. The fraction of sp³-hybridized carbons (Fsp3) is 0.346. The van der Waals surface area contributed by atoms with E-state index in [0.29, 0.717) is 23.5 Å². The third kappa shape index (κ3) is 4.68. The van der Waals surface area contributed by atoms with Gasteiger partial charge in [0.25, 0.3) is 11.7 Å². The van der Waals surface area contributed by atoms with Crippen molar-refractivity contribution in [3.05, 3.63) is 77.1 Å². The molecule has 1 atom stereocenters. The number of methoxy groups -OCH3 is 1. The van der Waals surface area contributed by atoms with E-state index in [9.17, 15) is 9.59 Å². The number of hydrogen-bond acceptors (Lipinski definition) is 5. The van der Waals surface area contributed by atoms with Gasteiger partial charge in [-0.15, -0.1) is 0 Å². The van der Waals surface area contributed by atoms with E-state index in [2.05, 4.69) is 15.3 Å². The van der Waals surface area contributed by atoms with Crippen LogP contribution in [0.4, 0.5) is 0 Å². The first kappa shape index (κ1) is 22.7. The van der Waals surface area contributed by atoms with E-state index >= 15 is 0 Å². The van der Waals surface area contributed by atoms with Crippen molar-refractivity contribution in [3.8, 4) is 11.4 Å². The molecular formula is C26H30N4O3. The molecule has 0 aliphatic carbocycles. The Balaban J connectivity index is 1.54. The Morgan fingerprint density at radius 2 is 1.70 bits per heavy atom. The van der Waals surface area contributed by atoms with Gasteiger partial charge in [-0.1, -0.05) is 36.4 Å². The van der Waals surface area contributed by atoms with Crippen LogP contribution in [0.5, 0.6) is 5.75 Å². The van der Waals surface area contributed by atoms with Crippen LogP contribution in [0, 0.1) is 13.8 Å². The van der Waals surface area contributed by atoms with E-state index in [-0.39, 0.29) is 6.04 Å². The quantitative estimate of drug-likeness (QED) is 0.422. The maximum absolute atomic E-state index is 13.1. The molecule has 1 fully saturated rings. The normalized spacial score (nSPS) is 14.8. The molecule has 172 valence electrons. The number of nitrogens with zero attached hydrogens (tertiary/aromatic N) is 3. The number of ether oxygens (including phenoxy) is 1. The van der Waals surface area contributed by atoms with E-state index in [4.69, 9.17) is 4.74 Å². The predicted molar refractivity (Wildman–Crippen MR) is 127 cm³/mol. The Labute approximate surface area is 194 Å². The minimum Gasteiger partial charge on any atom is -0.496 e. The van der Waals surface area contributed by atoms with Gasteiger partial charge in [-0.05, 0) is 58.0 Å². The van der Waals surface area contributed by atoms with Crippen LogP contribution in [0.2, 0.25) is 0 Å². The fourth-order valence-corrected chi connectivity index (χ4v) is 4.61. The lowest BCUT2D eigenvalue weighted by Crippen LogP contribution is -2.39. The molecule has 0 spiro atoms. The van der Waals surface area contributed by atoms with Gasteiger partial charge in [-0.25, -0.2) is 4.68 Å². The molecule has 0 bridgehead atoms. The number of ketones is 1. The summed E-state index contributed by atoms with van der Waals surface area (Å²) in [5.41, 5.74) is 3.41. The lowest BCUT2D eigenvalue weighted by Gasteiger charge is -2.29. The predicted octanol–water partition coefficient (Wildman–Crippen LogP) is 3.63. The zero-order valence-corrected chi connectivity index (χ0v) is 19.4. The molecule has 3 aromatic rings. The molecule has 1 amide bonds. The third-order valence-electron chi connectivity index (χ3n) is 6.26. The molecule has 0 saturated carbocycles. The summed E-state index contributed by atoms with van der Waals surface area (Å²) < 4.78 is 7.27. The van der Waals surface area contributed by atoms with Gasteiger partial charge < -0.3 is 10.1 Å². The molecule has 1 aliphatic heterocycles. The van der Waals surface area contributed by atoms with Gasteiger partial charge >= 0.3 is 0 Å². The van der Waals surface area contributed by atoms with Crippen molar-refractivity contribution in [1.82, 2.24) is 20.0 Å². The molecule has 1 unspecified atom stereocenters. The van der Waals surface area contributed by atoms with E-state index < -0.39 is 11.7 Å². The molecule has 7 heteroatoms. The van der Waals surface area contributed by atoms with Crippen molar-refractivity contribution in [2.75, 3.05) is 26.7 Å². The van der Waals surface area contributed by atoms with Gasteiger partial charge in [0.15, 0.2) is 0 Å². The Bertz CT molecular complexity index is 1130. The number of hydrogen-bond donors (Lipinski definition) is 1. The average Bonchev–Trinajstić information content (AvgIpc) is 3.47. The van der Waals surface area contributed by atoms with Crippen LogP contribution < -0.4 is 10.1 Å². The van der Waals surface area contributed by atoms with Crippen LogP contribution in [0.25, 0.3) is 5.69 Å². The molecule has 4 rings (SSSR count). The number of aromatic nitrogens is 2. The number of amides is 1. The van der Waals surface area contributed by atoms with Crippen LogP contribution in [0.15, 0.2) is 54.6 Å². The van der Waals surface area contributed by atoms with Crippen molar-refractivity contribution in [1.29, 1.82) is 0 Å². The summed E-state index contributed by atoms with van der Waals surface area (Å²) in [7, 11) is 1.65. The highest BCUT2D eigenvalue weighted by atomic mass is 16.5. The van der Waals surface area contributed by atoms with E-state index in [1.54, 1.807) is 18.7 Å². The van der Waals surface area contributed by atoms with Gasteiger partial charge in [-0.3, -0.25) is 14.5 Å². The minimum atomic E-state index is -0.618. The number of likely N-dealkylation sites (tertiary alicyclic amines) is 1. The Kier molecular flexibility index (Phi) is 6.89. The van der Waals surface area contributed by atoms with Gasteiger partial charge in [0, 0.05) is 12.1 Å². The fourth-order valence-electron chi connectivity index (χ4n) is 4.61. The summed E-state index contributed by atoms with van der Waals surface area (Å²) in [6.45, 7) is 5.81. The Morgan fingerprint density at radius 3 is 2.39 bits per heavy atom. The average molecular weight is 447 g/mol. The lowest BCUT2D eigenvalue weighted by atomic mass is 10.0. The molecule has 33 heavy (non-hydrogen) atoms. The van der Waals surface area contributed by atoms with Crippen LogP contribution in [-0.4, -0.2) is 53.1 Å². The van der Waals surface area contributed by atoms with Gasteiger partial charge in [0.2, 0.25) is 0 Å². The molecular weight excluding hydrogens is 416 g/mol. The van der Waals surface area contributed by atoms with Gasteiger partial charge in [0.1, 0.15) is 5.75 Å². The Morgan fingerprint density at radius 1 is 1.03 bits per heavy atom. The number of carbonyl (C=O) groups is 2. The molecule has 0 radical (unpaired) electrons. The topological polar surface area (TPSA) is 76.5 Å². The molecule has 2 heterocycles. The van der Waals surface area contributed by atoms with Gasteiger partial charge in [-0.2, -0.15) is 5.10 Å². The van der Waals surface area contributed by atoms with Crippen LogP contribution in [0.1, 0.15) is 46.2 Å². The molecule has 1 N–H and O–H groups in total. The number of carbonyl (C=O) groups excluding carboxylic acids is 2. The number of Topliss-reactive ketones (excluding diaryl/α,β-unsaturated/α-hetero) is 1. The molecule has 1 saturated heterocycles. The third-order valence-corrected chi connectivity index (χ3v) is 6.26. The van der Waals surface area contributed by atoms with Crippen molar-refractivity contribution >= 4 is 11.7 Å². The number of para-hydroxylation sites is 2. The van der Waals surface area contributed by atoms with Crippen LogP contribution in [-0.2, 0) is 4.79 Å². The smallest absolute Gasteiger partial charge is 0.292 e. The number of rotatable bonds is 8. The van der Waals surface area contributed by atoms with Crippen molar-refractivity contribution in [2.24, 2.45) is 0 Å². The molecule has 7 nitrogen and oxygen atoms in total. The Hall–Kier alpha value is -3.45. The largest absolute Gasteiger partial charge is 0.496 e. The zero-order chi connectivity index (χ0) is 23.4. The summed E-state index contributed by atoms with van der Waals surface area (Å²) in [5.74, 6) is -0.397. The van der Waals surface area contributed by atoms with Crippen LogP contribution in [0.3, 0.4) is 0 Å². The standard InChI is InChI=1S/C26H30N4O3/c1-18-24(19(2)30(28-18)20-11-5-4-6-12-20)25(31)26(32)27-17-22(29-15-9-10-16-29)21-13-7-8-14-23(21)33-3/h4-8,11-14,22H,9-10,15-17H2,1-3H3,(H,27,32). The lowest BCUT2D eigenvalue weighted by molar-refractivity contribution is -0.117. The first-order chi connectivity index (χ1) is 16.0. The first-order valence-electron chi connectivity index (χ1n) is 11.3. The maximum Gasteiger partial charge on any atom is 0.292 e. The highest BCUT2D eigenvalue weighted by Gasteiger charge is 2.29. The zero-order valence-electron chi connectivity index (χ0n) is 19.4. The monoisotopic (exact) mass is 446 g/mol. The summed E-state index contributed by atoms with van der Waals surface area (Å²) >= 11 is 0.